The highest BCUT2D eigenvalue weighted by Crippen LogP contribution is 2.26. The van der Waals surface area contributed by atoms with Gasteiger partial charge in [-0.3, -0.25) is 4.79 Å². The molecule has 8 heteroatoms. The van der Waals surface area contributed by atoms with E-state index in [1.807, 2.05) is 6.07 Å². The summed E-state index contributed by atoms with van der Waals surface area (Å²) >= 11 is 7.24. The summed E-state index contributed by atoms with van der Waals surface area (Å²) in [5.41, 5.74) is 0.980. The highest BCUT2D eigenvalue weighted by molar-refractivity contribution is 7.13. The number of ether oxygens (including phenoxy) is 2. The van der Waals surface area contributed by atoms with Gasteiger partial charge < -0.3 is 14.8 Å². The summed E-state index contributed by atoms with van der Waals surface area (Å²) in [6.45, 7) is 0.407. The molecule has 122 valence electrons. The third-order valence-corrected chi connectivity index (χ3v) is 3.87. The van der Waals surface area contributed by atoms with Crippen LogP contribution in [-0.2, 0) is 14.3 Å². The Morgan fingerprint density at radius 3 is 2.96 bits per heavy atom. The quantitative estimate of drug-likeness (QED) is 0.610. The van der Waals surface area contributed by atoms with Crippen LogP contribution >= 0.6 is 22.9 Å². The smallest absolute Gasteiger partial charge is 0.358 e. The zero-order valence-electron chi connectivity index (χ0n) is 12.4. The number of hydrogen-bond donors (Lipinski definition) is 1. The maximum Gasteiger partial charge on any atom is 0.358 e. The first kappa shape index (κ1) is 17.4. The van der Waals surface area contributed by atoms with E-state index in [0.29, 0.717) is 23.2 Å². The summed E-state index contributed by atoms with van der Waals surface area (Å²) in [5.74, 6) is -1.03. The molecule has 0 aliphatic heterocycles. The number of amides is 1. The van der Waals surface area contributed by atoms with Gasteiger partial charge in [-0.2, -0.15) is 0 Å². The third kappa shape index (κ3) is 5.31. The van der Waals surface area contributed by atoms with E-state index >= 15 is 0 Å². The highest BCUT2D eigenvalue weighted by Gasteiger charge is 2.15. The lowest BCUT2D eigenvalue weighted by atomic mass is 10.2. The Kier molecular flexibility index (Phi) is 6.52. The zero-order valence-corrected chi connectivity index (χ0v) is 13.9. The molecule has 6 nitrogen and oxygen atoms in total. The van der Waals surface area contributed by atoms with E-state index in [1.165, 1.54) is 18.4 Å². The lowest BCUT2D eigenvalue weighted by Gasteiger charge is -2.04. The van der Waals surface area contributed by atoms with E-state index in [1.54, 1.807) is 23.6 Å². The minimum Gasteiger partial charge on any atom is -0.451 e. The Balaban J connectivity index is 1.90. The van der Waals surface area contributed by atoms with Gasteiger partial charge in [0.05, 0.1) is 6.61 Å². The van der Waals surface area contributed by atoms with Crippen molar-refractivity contribution in [3.8, 4) is 10.6 Å². The number of halogens is 1. The lowest BCUT2D eigenvalue weighted by molar-refractivity contribution is -0.124. The van der Waals surface area contributed by atoms with Crippen LogP contribution in [0.15, 0.2) is 29.6 Å². The highest BCUT2D eigenvalue weighted by atomic mass is 35.5. The van der Waals surface area contributed by atoms with Crippen LogP contribution in [0, 0.1) is 0 Å². The van der Waals surface area contributed by atoms with Gasteiger partial charge in [-0.05, 0) is 12.1 Å². The molecule has 0 saturated heterocycles. The number of carbonyl (C=O) groups excluding carboxylic acids is 2. The molecule has 0 saturated carbocycles. The minimum absolute atomic E-state index is 0.162. The summed E-state index contributed by atoms with van der Waals surface area (Å²) in [7, 11) is 1.53. The van der Waals surface area contributed by atoms with Crippen molar-refractivity contribution in [1.82, 2.24) is 10.3 Å². The molecular weight excluding hydrogens is 340 g/mol. The summed E-state index contributed by atoms with van der Waals surface area (Å²) in [5, 5.41) is 5.39. The van der Waals surface area contributed by atoms with Crippen LogP contribution < -0.4 is 5.32 Å². The molecule has 0 atom stereocenters. The molecule has 0 spiro atoms. The Hall–Kier alpha value is -1.96. The summed E-state index contributed by atoms with van der Waals surface area (Å²) < 4.78 is 9.72. The van der Waals surface area contributed by atoms with Gasteiger partial charge in [0, 0.05) is 29.6 Å². The van der Waals surface area contributed by atoms with Crippen molar-refractivity contribution in [2.75, 3.05) is 26.9 Å². The number of methoxy groups -OCH3 is 1. The van der Waals surface area contributed by atoms with Crippen molar-refractivity contribution in [2.45, 2.75) is 0 Å². The SMILES string of the molecule is COCCNC(=O)COC(=O)c1csc(-c2cccc(Cl)c2)n1. The number of aromatic nitrogens is 1. The van der Waals surface area contributed by atoms with Crippen LogP contribution in [0.4, 0.5) is 0 Å². The van der Waals surface area contributed by atoms with E-state index < -0.39 is 5.97 Å². The van der Waals surface area contributed by atoms with Crippen molar-refractivity contribution in [2.24, 2.45) is 0 Å². The van der Waals surface area contributed by atoms with Crippen LogP contribution in [0.25, 0.3) is 10.6 Å². The molecule has 0 aliphatic rings. The van der Waals surface area contributed by atoms with Crippen LogP contribution in [0.2, 0.25) is 5.02 Å². The van der Waals surface area contributed by atoms with E-state index in [-0.39, 0.29) is 18.2 Å². The molecule has 2 rings (SSSR count). The topological polar surface area (TPSA) is 77.5 Å². The van der Waals surface area contributed by atoms with E-state index in [4.69, 9.17) is 21.1 Å². The van der Waals surface area contributed by atoms with E-state index in [9.17, 15) is 9.59 Å². The van der Waals surface area contributed by atoms with Gasteiger partial charge in [-0.1, -0.05) is 23.7 Å². The van der Waals surface area contributed by atoms with Crippen LogP contribution in [0.1, 0.15) is 10.5 Å². The number of thiazole rings is 1. The van der Waals surface area contributed by atoms with Gasteiger partial charge in [0.2, 0.25) is 0 Å². The van der Waals surface area contributed by atoms with Crippen LogP contribution in [0.3, 0.4) is 0 Å². The summed E-state index contributed by atoms with van der Waals surface area (Å²) in [6, 6.07) is 7.18. The maximum absolute atomic E-state index is 11.9. The monoisotopic (exact) mass is 354 g/mol. The maximum atomic E-state index is 11.9. The van der Waals surface area contributed by atoms with Gasteiger partial charge in [-0.25, -0.2) is 9.78 Å². The van der Waals surface area contributed by atoms with Crippen molar-refractivity contribution in [3.63, 3.8) is 0 Å². The number of nitrogens with zero attached hydrogens (tertiary/aromatic N) is 1. The summed E-state index contributed by atoms with van der Waals surface area (Å²) in [6.07, 6.45) is 0. The first-order valence-corrected chi connectivity index (χ1v) is 8.00. The van der Waals surface area contributed by atoms with Gasteiger partial charge >= 0.3 is 5.97 Å². The largest absolute Gasteiger partial charge is 0.451 e. The molecule has 0 unspecified atom stereocenters. The van der Waals surface area contributed by atoms with Gasteiger partial charge in [-0.15, -0.1) is 11.3 Å². The molecule has 1 aromatic carbocycles. The third-order valence-electron chi connectivity index (χ3n) is 2.75. The fourth-order valence-electron chi connectivity index (χ4n) is 1.67. The van der Waals surface area contributed by atoms with Crippen molar-refractivity contribution in [3.05, 3.63) is 40.4 Å². The molecule has 0 aliphatic carbocycles. The molecule has 2 aromatic rings. The van der Waals surface area contributed by atoms with Crippen LogP contribution in [0.5, 0.6) is 0 Å². The van der Waals surface area contributed by atoms with Gasteiger partial charge in [0.1, 0.15) is 5.01 Å². The van der Waals surface area contributed by atoms with Crippen molar-refractivity contribution >= 4 is 34.8 Å². The van der Waals surface area contributed by atoms with Gasteiger partial charge in [0.15, 0.2) is 12.3 Å². The molecular formula is C15H15ClN2O4S. The minimum atomic E-state index is -0.642. The Morgan fingerprint density at radius 1 is 1.39 bits per heavy atom. The number of benzene rings is 1. The fourth-order valence-corrected chi connectivity index (χ4v) is 2.65. The molecule has 0 fully saturated rings. The molecule has 1 heterocycles. The van der Waals surface area contributed by atoms with Gasteiger partial charge in [0.25, 0.3) is 5.91 Å². The number of hydrogen-bond acceptors (Lipinski definition) is 6. The second-order valence-corrected chi connectivity index (χ2v) is 5.76. The second-order valence-electron chi connectivity index (χ2n) is 4.47. The Labute approximate surface area is 142 Å². The Morgan fingerprint density at radius 2 is 2.22 bits per heavy atom. The lowest BCUT2D eigenvalue weighted by Crippen LogP contribution is -2.31. The molecule has 1 N–H and O–H groups in total. The average molecular weight is 355 g/mol. The predicted octanol–water partition coefficient (Wildman–Crippen LogP) is 2.38. The zero-order chi connectivity index (χ0) is 16.7. The first-order chi connectivity index (χ1) is 11.1. The number of nitrogens with one attached hydrogen (secondary N) is 1. The van der Waals surface area contributed by atoms with E-state index in [0.717, 1.165) is 5.56 Å². The molecule has 1 amide bonds. The molecule has 23 heavy (non-hydrogen) atoms. The fraction of sp³-hybridized carbons (Fsp3) is 0.267. The van der Waals surface area contributed by atoms with Crippen LogP contribution in [-0.4, -0.2) is 43.7 Å². The summed E-state index contributed by atoms with van der Waals surface area (Å²) in [4.78, 5) is 27.5. The molecule has 0 bridgehead atoms. The predicted molar refractivity (Wildman–Crippen MR) is 87.7 cm³/mol. The second kappa shape index (κ2) is 8.61. The number of carbonyl (C=O) groups is 2. The standard InChI is InChI=1S/C15H15ClN2O4S/c1-21-6-5-17-13(19)8-22-15(20)12-9-23-14(18-12)10-3-2-4-11(16)7-10/h2-4,7,9H,5-6,8H2,1H3,(H,17,19). The number of esters is 1. The van der Waals surface area contributed by atoms with Crippen molar-refractivity contribution in [1.29, 1.82) is 0 Å². The average Bonchev–Trinajstić information content (AvgIpc) is 3.03. The number of rotatable bonds is 7. The van der Waals surface area contributed by atoms with E-state index in [2.05, 4.69) is 10.3 Å². The Bertz CT molecular complexity index is 690. The first-order valence-electron chi connectivity index (χ1n) is 6.74. The molecule has 0 radical (unpaired) electrons. The molecule has 1 aromatic heterocycles. The normalized spacial score (nSPS) is 10.3. The van der Waals surface area contributed by atoms with Crippen molar-refractivity contribution < 1.29 is 19.1 Å².